The van der Waals surface area contributed by atoms with Crippen molar-refractivity contribution in [3.8, 4) is 11.1 Å². The van der Waals surface area contributed by atoms with Crippen molar-refractivity contribution < 1.29 is 0 Å². The first kappa shape index (κ1) is 18.7. The molecule has 0 bridgehead atoms. The molecule has 0 atom stereocenters. The van der Waals surface area contributed by atoms with Gasteiger partial charge >= 0.3 is 0 Å². The average molecular weight is 426 g/mol. The number of fused-ring (bicyclic) bond motifs is 3. The van der Waals surface area contributed by atoms with Gasteiger partial charge in [-0.2, -0.15) is 0 Å². The lowest BCUT2D eigenvalue weighted by atomic mass is 9.96. The van der Waals surface area contributed by atoms with Gasteiger partial charge in [0.15, 0.2) is 0 Å². The molecule has 0 saturated carbocycles. The molecule has 0 aromatic heterocycles. The number of likely N-dealkylation sites (N-methyl/N-ethyl adjacent to an activating group) is 1. The van der Waals surface area contributed by atoms with Gasteiger partial charge in [-0.3, -0.25) is 0 Å². The summed E-state index contributed by atoms with van der Waals surface area (Å²) in [5.41, 5.74) is 6.87. The number of benzene rings is 2. The number of hydroxylamine groups is 2. The van der Waals surface area contributed by atoms with Crippen molar-refractivity contribution in [2.45, 2.75) is 45.2 Å². The van der Waals surface area contributed by atoms with E-state index in [0.717, 1.165) is 17.4 Å². The third kappa shape index (κ3) is 3.04. The molecular formula is C23H26BrN2O-. The first-order valence-corrected chi connectivity index (χ1v) is 10.2. The van der Waals surface area contributed by atoms with Crippen LogP contribution in [-0.4, -0.2) is 29.7 Å². The van der Waals surface area contributed by atoms with E-state index in [2.05, 4.69) is 70.4 Å². The summed E-state index contributed by atoms with van der Waals surface area (Å²) in [6.45, 7) is 8.77. The van der Waals surface area contributed by atoms with Crippen molar-refractivity contribution in [3.05, 3.63) is 68.9 Å². The molecule has 0 radical (unpaired) electrons. The summed E-state index contributed by atoms with van der Waals surface area (Å²) in [6.07, 6.45) is 3.11. The summed E-state index contributed by atoms with van der Waals surface area (Å²) >= 11 is 3.58. The van der Waals surface area contributed by atoms with Gasteiger partial charge in [-0.15, -0.1) is 0 Å². The fourth-order valence-electron chi connectivity index (χ4n) is 4.50. The third-order valence-corrected chi connectivity index (χ3v) is 6.51. The SMILES string of the molecule is CN(CC1=CC(C)(C)N([O-])C1(C)C)c1ccc2c(c1)Cc1cc(Br)ccc1-2. The van der Waals surface area contributed by atoms with Crippen LogP contribution in [0.2, 0.25) is 0 Å². The molecule has 0 N–H and O–H groups in total. The van der Waals surface area contributed by atoms with Crippen LogP contribution in [0, 0.1) is 5.21 Å². The van der Waals surface area contributed by atoms with E-state index in [1.165, 1.54) is 38.6 Å². The summed E-state index contributed by atoms with van der Waals surface area (Å²) in [6, 6.07) is 13.3. The van der Waals surface area contributed by atoms with Gasteiger partial charge in [0.2, 0.25) is 0 Å². The van der Waals surface area contributed by atoms with Crippen LogP contribution in [0.15, 0.2) is 52.5 Å². The van der Waals surface area contributed by atoms with E-state index in [0.29, 0.717) is 0 Å². The van der Waals surface area contributed by atoms with Gasteiger partial charge in [0.1, 0.15) is 0 Å². The second kappa shape index (κ2) is 6.20. The predicted molar refractivity (Wildman–Crippen MR) is 117 cm³/mol. The number of nitrogens with zero attached hydrogens (tertiary/aromatic N) is 2. The second-order valence-corrected chi connectivity index (χ2v) is 9.77. The standard InChI is InChI=1S/C23H26BrN2O/c1-22(2)13-17(23(3,4)26(22)27)14-25(5)19-7-9-21-16(12-19)10-15-11-18(24)6-8-20(15)21/h6-9,11-13H,10,14H2,1-5H3/q-1. The normalized spacial score (nSPS) is 19.6. The highest BCUT2D eigenvalue weighted by Crippen LogP contribution is 2.41. The molecular weight excluding hydrogens is 400 g/mol. The predicted octanol–water partition coefficient (Wildman–Crippen LogP) is 5.75. The lowest BCUT2D eigenvalue weighted by Crippen LogP contribution is -2.47. The largest absolute Gasteiger partial charge is 0.784 e. The summed E-state index contributed by atoms with van der Waals surface area (Å²) in [5, 5.41) is 13.8. The molecule has 0 saturated heterocycles. The lowest BCUT2D eigenvalue weighted by Gasteiger charge is -2.48. The Morgan fingerprint density at radius 1 is 1.04 bits per heavy atom. The summed E-state index contributed by atoms with van der Waals surface area (Å²) in [4.78, 5) is 2.25. The Kier molecular flexibility index (Phi) is 4.30. The van der Waals surface area contributed by atoms with Crippen LogP contribution < -0.4 is 4.90 Å². The molecule has 2 aliphatic rings. The van der Waals surface area contributed by atoms with Gasteiger partial charge in [0, 0.05) is 34.8 Å². The molecule has 142 valence electrons. The van der Waals surface area contributed by atoms with Crippen LogP contribution in [0.4, 0.5) is 5.69 Å². The molecule has 1 aliphatic carbocycles. The summed E-state index contributed by atoms with van der Waals surface area (Å²) in [7, 11) is 2.11. The molecule has 1 heterocycles. The Morgan fingerprint density at radius 2 is 1.67 bits per heavy atom. The highest BCUT2D eigenvalue weighted by molar-refractivity contribution is 9.10. The molecule has 0 fully saturated rings. The van der Waals surface area contributed by atoms with E-state index in [1.54, 1.807) is 0 Å². The third-order valence-electron chi connectivity index (χ3n) is 6.02. The van der Waals surface area contributed by atoms with Gasteiger partial charge < -0.3 is 15.2 Å². The van der Waals surface area contributed by atoms with Crippen molar-refractivity contribution in [2.24, 2.45) is 0 Å². The molecule has 27 heavy (non-hydrogen) atoms. The average Bonchev–Trinajstić information content (AvgIpc) is 3.02. The van der Waals surface area contributed by atoms with Gasteiger partial charge in [0.05, 0.1) is 0 Å². The number of anilines is 1. The van der Waals surface area contributed by atoms with Crippen LogP contribution in [0.25, 0.3) is 11.1 Å². The number of rotatable bonds is 3. The Balaban J connectivity index is 1.59. The first-order valence-electron chi connectivity index (χ1n) is 9.42. The number of hydrogen-bond donors (Lipinski definition) is 0. The summed E-state index contributed by atoms with van der Waals surface area (Å²) < 4.78 is 1.13. The second-order valence-electron chi connectivity index (χ2n) is 8.85. The highest BCUT2D eigenvalue weighted by Gasteiger charge is 2.39. The maximum absolute atomic E-state index is 12.6. The van der Waals surface area contributed by atoms with E-state index in [1.807, 2.05) is 27.7 Å². The quantitative estimate of drug-likeness (QED) is 0.499. The molecule has 0 amide bonds. The fourth-order valence-corrected chi connectivity index (χ4v) is 4.91. The van der Waals surface area contributed by atoms with Crippen LogP contribution in [0.1, 0.15) is 38.8 Å². The topological polar surface area (TPSA) is 29.5 Å². The monoisotopic (exact) mass is 425 g/mol. The van der Waals surface area contributed by atoms with Crippen molar-refractivity contribution >= 4 is 21.6 Å². The zero-order valence-electron chi connectivity index (χ0n) is 16.6. The van der Waals surface area contributed by atoms with Crippen molar-refractivity contribution in [2.75, 3.05) is 18.5 Å². The van der Waals surface area contributed by atoms with Gasteiger partial charge in [0.25, 0.3) is 0 Å². The first-order chi connectivity index (χ1) is 12.6. The molecule has 2 aromatic rings. The minimum atomic E-state index is -0.475. The Morgan fingerprint density at radius 3 is 2.30 bits per heavy atom. The van der Waals surface area contributed by atoms with Crippen LogP contribution in [0.3, 0.4) is 0 Å². The minimum Gasteiger partial charge on any atom is -0.784 e. The van der Waals surface area contributed by atoms with E-state index >= 15 is 0 Å². The molecule has 3 nitrogen and oxygen atoms in total. The summed E-state index contributed by atoms with van der Waals surface area (Å²) in [5.74, 6) is 0. The Hall–Kier alpha value is -1.62. The molecule has 1 aliphatic heterocycles. The zero-order valence-corrected chi connectivity index (χ0v) is 18.2. The number of halogens is 1. The fraction of sp³-hybridized carbons (Fsp3) is 0.391. The molecule has 0 spiro atoms. The van der Waals surface area contributed by atoms with E-state index in [4.69, 9.17) is 0 Å². The Labute approximate surface area is 170 Å². The number of hydrogen-bond acceptors (Lipinski definition) is 3. The highest BCUT2D eigenvalue weighted by atomic mass is 79.9. The van der Waals surface area contributed by atoms with Crippen molar-refractivity contribution in [3.63, 3.8) is 0 Å². The van der Waals surface area contributed by atoms with E-state index in [9.17, 15) is 5.21 Å². The molecule has 2 aromatic carbocycles. The van der Waals surface area contributed by atoms with Crippen LogP contribution >= 0.6 is 15.9 Å². The van der Waals surface area contributed by atoms with Gasteiger partial charge in [-0.25, -0.2) is 0 Å². The molecule has 4 heteroatoms. The molecule has 0 unspecified atom stereocenters. The Bertz CT molecular complexity index is 945. The van der Waals surface area contributed by atoms with Crippen molar-refractivity contribution in [1.82, 2.24) is 5.06 Å². The van der Waals surface area contributed by atoms with Gasteiger partial charge in [-0.05, 0) is 86.2 Å². The maximum Gasteiger partial charge on any atom is 0.0403 e. The van der Waals surface area contributed by atoms with E-state index in [-0.39, 0.29) is 0 Å². The van der Waals surface area contributed by atoms with Gasteiger partial charge in [-0.1, -0.05) is 34.1 Å². The van der Waals surface area contributed by atoms with E-state index < -0.39 is 11.1 Å². The smallest absolute Gasteiger partial charge is 0.0403 e. The van der Waals surface area contributed by atoms with Crippen LogP contribution in [0.5, 0.6) is 0 Å². The molecule has 4 rings (SSSR count). The van der Waals surface area contributed by atoms with Crippen LogP contribution in [-0.2, 0) is 6.42 Å². The van der Waals surface area contributed by atoms with Crippen molar-refractivity contribution in [1.29, 1.82) is 0 Å². The maximum atomic E-state index is 12.6. The lowest BCUT2D eigenvalue weighted by molar-refractivity contribution is 0.158. The zero-order chi connectivity index (χ0) is 19.6. The minimum absolute atomic E-state index is 0.452.